The van der Waals surface area contributed by atoms with Crippen LogP contribution in [0.15, 0.2) is 16.5 Å². The van der Waals surface area contributed by atoms with Gasteiger partial charge < -0.3 is 9.73 Å². The molecule has 0 saturated heterocycles. The van der Waals surface area contributed by atoms with Crippen molar-refractivity contribution in [1.82, 2.24) is 5.32 Å². The van der Waals surface area contributed by atoms with Gasteiger partial charge in [0.2, 0.25) is 0 Å². The zero-order valence-electron chi connectivity index (χ0n) is 7.09. The van der Waals surface area contributed by atoms with E-state index in [0.29, 0.717) is 12.3 Å². The largest absolute Gasteiger partial charge is 0.448 e. The molecule has 3 heteroatoms. The molecule has 1 heterocycles. The standard InChI is InChI=1S/C9H12NO2/c1-2-3-6-10-9(11)8-5-4-7-12-8/h4-5H,2-3,6H2,1H3,(H,10,11). The van der Waals surface area contributed by atoms with E-state index in [-0.39, 0.29) is 5.91 Å². The summed E-state index contributed by atoms with van der Waals surface area (Å²) in [5, 5.41) is 2.73. The number of rotatable bonds is 4. The second-order valence-corrected chi connectivity index (χ2v) is 2.53. The Morgan fingerprint density at radius 3 is 3.17 bits per heavy atom. The molecule has 1 aromatic rings. The first kappa shape index (κ1) is 8.84. The lowest BCUT2D eigenvalue weighted by Crippen LogP contribution is -2.23. The number of hydrogen-bond donors (Lipinski definition) is 1. The van der Waals surface area contributed by atoms with Gasteiger partial charge in [-0.25, -0.2) is 0 Å². The number of nitrogens with one attached hydrogen (secondary N) is 1. The molecule has 0 unspecified atom stereocenters. The van der Waals surface area contributed by atoms with Gasteiger partial charge >= 0.3 is 0 Å². The quantitative estimate of drug-likeness (QED) is 0.690. The molecule has 0 atom stereocenters. The van der Waals surface area contributed by atoms with Crippen molar-refractivity contribution in [2.45, 2.75) is 19.8 Å². The first-order chi connectivity index (χ1) is 5.84. The lowest BCUT2D eigenvalue weighted by molar-refractivity contribution is 0.0925. The van der Waals surface area contributed by atoms with Gasteiger partial charge in [0.05, 0.1) is 0 Å². The highest BCUT2D eigenvalue weighted by Crippen LogP contribution is 1.98. The van der Waals surface area contributed by atoms with Gasteiger partial charge in [0.25, 0.3) is 5.91 Å². The molecule has 0 aliphatic heterocycles. The van der Waals surface area contributed by atoms with Gasteiger partial charge in [0.1, 0.15) is 0 Å². The molecule has 0 fully saturated rings. The number of amides is 1. The van der Waals surface area contributed by atoms with Crippen LogP contribution in [0.2, 0.25) is 0 Å². The maximum atomic E-state index is 11.2. The summed E-state index contributed by atoms with van der Waals surface area (Å²) in [7, 11) is 0. The molecule has 65 valence electrons. The molecule has 1 N–H and O–H groups in total. The van der Waals surface area contributed by atoms with E-state index >= 15 is 0 Å². The Morgan fingerprint density at radius 1 is 1.75 bits per heavy atom. The van der Waals surface area contributed by atoms with Crippen LogP contribution in [0.4, 0.5) is 0 Å². The fraction of sp³-hybridized carbons (Fsp3) is 0.444. The molecule has 1 amide bonds. The number of furan rings is 1. The van der Waals surface area contributed by atoms with Gasteiger partial charge in [0.15, 0.2) is 12.0 Å². The van der Waals surface area contributed by atoms with Crippen molar-refractivity contribution in [1.29, 1.82) is 0 Å². The Hall–Kier alpha value is -1.25. The lowest BCUT2D eigenvalue weighted by Gasteiger charge is -1.99. The van der Waals surface area contributed by atoms with E-state index in [1.807, 2.05) is 0 Å². The highest BCUT2D eigenvalue weighted by Gasteiger charge is 2.05. The minimum atomic E-state index is -0.162. The third-order valence-electron chi connectivity index (χ3n) is 1.51. The van der Waals surface area contributed by atoms with Crippen molar-refractivity contribution in [2.75, 3.05) is 6.54 Å². The van der Waals surface area contributed by atoms with E-state index < -0.39 is 0 Å². The number of carbonyl (C=O) groups excluding carboxylic acids is 1. The van der Waals surface area contributed by atoms with E-state index in [2.05, 4.69) is 18.5 Å². The molecule has 1 rings (SSSR count). The fourth-order valence-corrected chi connectivity index (χ4v) is 0.829. The molecule has 0 aliphatic carbocycles. The van der Waals surface area contributed by atoms with E-state index in [4.69, 9.17) is 4.42 Å². The maximum Gasteiger partial charge on any atom is 0.287 e. The smallest absolute Gasteiger partial charge is 0.287 e. The molecule has 0 aromatic carbocycles. The zero-order chi connectivity index (χ0) is 8.81. The van der Waals surface area contributed by atoms with Crippen LogP contribution in [0, 0.1) is 6.26 Å². The molecular weight excluding hydrogens is 154 g/mol. The summed E-state index contributed by atoms with van der Waals surface area (Å²) in [6.07, 6.45) is 4.54. The van der Waals surface area contributed by atoms with Crippen molar-refractivity contribution < 1.29 is 9.21 Å². The van der Waals surface area contributed by atoms with Crippen molar-refractivity contribution in [3.05, 3.63) is 24.2 Å². The van der Waals surface area contributed by atoms with E-state index in [1.165, 1.54) is 0 Å². The van der Waals surface area contributed by atoms with Crippen molar-refractivity contribution >= 4 is 5.91 Å². The Morgan fingerprint density at radius 2 is 2.58 bits per heavy atom. The predicted molar refractivity (Wildman–Crippen MR) is 44.8 cm³/mol. The van der Waals surface area contributed by atoms with E-state index in [0.717, 1.165) is 12.8 Å². The molecule has 1 radical (unpaired) electrons. The van der Waals surface area contributed by atoms with Gasteiger partial charge in [-0.05, 0) is 18.6 Å². The van der Waals surface area contributed by atoms with Gasteiger partial charge in [-0.15, -0.1) is 0 Å². The predicted octanol–water partition coefficient (Wildman–Crippen LogP) is 1.61. The minimum absolute atomic E-state index is 0.162. The summed E-state index contributed by atoms with van der Waals surface area (Å²) in [5.74, 6) is 0.163. The maximum absolute atomic E-state index is 11.2. The van der Waals surface area contributed by atoms with Crippen LogP contribution in [-0.4, -0.2) is 12.5 Å². The summed E-state index contributed by atoms with van der Waals surface area (Å²) in [4.78, 5) is 11.2. The third kappa shape index (κ3) is 2.42. The third-order valence-corrected chi connectivity index (χ3v) is 1.51. The lowest BCUT2D eigenvalue weighted by atomic mass is 10.3. The highest BCUT2D eigenvalue weighted by molar-refractivity contribution is 5.91. The van der Waals surface area contributed by atoms with E-state index in [1.54, 1.807) is 12.1 Å². The topological polar surface area (TPSA) is 42.2 Å². The van der Waals surface area contributed by atoms with Crippen LogP contribution in [0.3, 0.4) is 0 Å². The normalized spacial score (nSPS) is 9.75. The second-order valence-electron chi connectivity index (χ2n) is 2.53. The SMILES string of the molecule is CCCCNC(=O)c1cc[c]o1. The zero-order valence-corrected chi connectivity index (χ0v) is 7.09. The van der Waals surface area contributed by atoms with Crippen LogP contribution in [-0.2, 0) is 0 Å². The molecule has 0 aliphatic rings. The van der Waals surface area contributed by atoms with Crippen molar-refractivity contribution in [2.24, 2.45) is 0 Å². The molecule has 12 heavy (non-hydrogen) atoms. The second kappa shape index (κ2) is 4.59. The Balaban J connectivity index is 2.30. The van der Waals surface area contributed by atoms with Crippen LogP contribution in [0.5, 0.6) is 0 Å². The summed E-state index contributed by atoms with van der Waals surface area (Å²) in [5.41, 5.74) is 0. The van der Waals surface area contributed by atoms with Gasteiger partial charge in [-0.1, -0.05) is 13.3 Å². The summed E-state index contributed by atoms with van der Waals surface area (Å²) in [6.45, 7) is 2.78. The number of hydrogen-bond acceptors (Lipinski definition) is 2. The highest BCUT2D eigenvalue weighted by atomic mass is 16.3. The van der Waals surface area contributed by atoms with Crippen LogP contribution < -0.4 is 5.32 Å². The first-order valence-corrected chi connectivity index (χ1v) is 4.08. The molecule has 0 bridgehead atoms. The molecule has 1 aromatic heterocycles. The molecule has 0 saturated carbocycles. The van der Waals surface area contributed by atoms with Gasteiger partial charge in [-0.2, -0.15) is 0 Å². The number of unbranched alkanes of at least 4 members (excludes halogenated alkanes) is 1. The van der Waals surface area contributed by atoms with Gasteiger partial charge in [0, 0.05) is 6.54 Å². The Kier molecular flexibility index (Phi) is 3.38. The first-order valence-electron chi connectivity index (χ1n) is 4.08. The molecule has 0 spiro atoms. The van der Waals surface area contributed by atoms with Crippen molar-refractivity contribution in [3.63, 3.8) is 0 Å². The number of carbonyl (C=O) groups is 1. The van der Waals surface area contributed by atoms with Crippen molar-refractivity contribution in [3.8, 4) is 0 Å². The van der Waals surface area contributed by atoms with Gasteiger partial charge in [-0.3, -0.25) is 4.79 Å². The minimum Gasteiger partial charge on any atom is -0.448 e. The summed E-state index contributed by atoms with van der Waals surface area (Å²) < 4.78 is 4.79. The Bertz CT molecular complexity index is 229. The fourth-order valence-electron chi connectivity index (χ4n) is 0.829. The van der Waals surface area contributed by atoms with E-state index in [9.17, 15) is 4.79 Å². The molecular formula is C9H12NO2. The average molecular weight is 166 g/mol. The van der Waals surface area contributed by atoms with Crippen LogP contribution in [0.1, 0.15) is 30.3 Å². The van der Waals surface area contributed by atoms with Crippen LogP contribution in [0.25, 0.3) is 0 Å². The summed E-state index contributed by atoms with van der Waals surface area (Å²) in [6, 6.07) is 3.18. The molecule has 3 nitrogen and oxygen atoms in total. The monoisotopic (exact) mass is 166 g/mol. The average Bonchev–Trinajstić information content (AvgIpc) is 2.56. The Labute approximate surface area is 71.8 Å². The van der Waals surface area contributed by atoms with Crippen LogP contribution >= 0.6 is 0 Å². The summed E-state index contributed by atoms with van der Waals surface area (Å²) >= 11 is 0.